The zero-order valence-corrected chi connectivity index (χ0v) is 9.24. The van der Waals surface area contributed by atoms with Crippen molar-refractivity contribution in [2.45, 2.75) is 20.8 Å². The summed E-state index contributed by atoms with van der Waals surface area (Å²) in [6.07, 6.45) is 0. The molecule has 0 radical (unpaired) electrons. The average molecular weight is 202 g/mol. The molecule has 0 heterocycles. The van der Waals surface area contributed by atoms with Gasteiger partial charge in [0.25, 0.3) is 0 Å². The maximum Gasteiger partial charge on any atom is 0.223 e. The third-order valence-electron chi connectivity index (χ3n) is 2.31. The van der Waals surface area contributed by atoms with Gasteiger partial charge >= 0.3 is 0 Å². The van der Waals surface area contributed by atoms with Crippen molar-refractivity contribution in [3.05, 3.63) is 29.3 Å². The van der Waals surface area contributed by atoms with Crippen LogP contribution >= 0.6 is 0 Å². The van der Waals surface area contributed by atoms with Crippen LogP contribution in [0.3, 0.4) is 0 Å². The monoisotopic (exact) mass is 202 g/mol. The molecule has 0 atom stereocenters. The molecule has 3 nitrogen and oxygen atoms in total. The van der Waals surface area contributed by atoms with Crippen LogP contribution in [0.2, 0.25) is 0 Å². The largest absolute Gasteiger partial charge is 0.313 e. The first-order valence-corrected chi connectivity index (χ1v) is 4.89. The Bertz CT molecular complexity index is 418. The Kier molecular flexibility index (Phi) is 3.46. The second kappa shape index (κ2) is 4.61. The highest BCUT2D eigenvalue weighted by atomic mass is 16.2. The third-order valence-corrected chi connectivity index (χ3v) is 2.31. The van der Waals surface area contributed by atoms with Crippen molar-refractivity contribution in [2.75, 3.05) is 11.4 Å². The third kappa shape index (κ3) is 2.35. The number of carbonyl (C=O) groups excluding carboxylic acids is 1. The van der Waals surface area contributed by atoms with E-state index in [1.54, 1.807) is 24.0 Å². The first-order chi connectivity index (χ1) is 7.10. The molecule has 0 spiro atoms. The molecular formula is C12H14N2O. The molecule has 1 aromatic carbocycles. The summed E-state index contributed by atoms with van der Waals surface area (Å²) in [5, 5.41) is 8.73. The molecule has 3 heteroatoms. The van der Waals surface area contributed by atoms with Gasteiger partial charge in [0.05, 0.1) is 11.6 Å². The van der Waals surface area contributed by atoms with Gasteiger partial charge in [-0.1, -0.05) is 0 Å². The molecule has 0 aliphatic carbocycles. The van der Waals surface area contributed by atoms with Gasteiger partial charge in [-0.2, -0.15) is 5.26 Å². The van der Waals surface area contributed by atoms with E-state index in [9.17, 15) is 4.79 Å². The predicted molar refractivity (Wildman–Crippen MR) is 59.6 cm³/mol. The van der Waals surface area contributed by atoms with E-state index in [1.807, 2.05) is 19.9 Å². The number of anilines is 1. The summed E-state index contributed by atoms with van der Waals surface area (Å²) in [5.74, 6) is 0.0188. The van der Waals surface area contributed by atoms with Crippen LogP contribution in [0, 0.1) is 18.3 Å². The molecule has 1 amide bonds. The van der Waals surface area contributed by atoms with Crippen LogP contribution in [0.15, 0.2) is 18.2 Å². The molecule has 1 rings (SSSR count). The number of hydrogen-bond acceptors (Lipinski definition) is 2. The molecular weight excluding hydrogens is 188 g/mol. The van der Waals surface area contributed by atoms with Gasteiger partial charge in [-0.05, 0) is 37.6 Å². The van der Waals surface area contributed by atoms with E-state index < -0.39 is 0 Å². The summed E-state index contributed by atoms with van der Waals surface area (Å²) >= 11 is 0. The molecule has 1 aromatic rings. The number of benzene rings is 1. The maximum atomic E-state index is 11.3. The Balaban J connectivity index is 3.15. The number of aryl methyl sites for hydroxylation is 1. The second-order valence-corrected chi connectivity index (χ2v) is 3.38. The lowest BCUT2D eigenvalue weighted by Crippen LogP contribution is -2.28. The van der Waals surface area contributed by atoms with E-state index in [-0.39, 0.29) is 5.91 Å². The topological polar surface area (TPSA) is 44.1 Å². The van der Waals surface area contributed by atoms with Gasteiger partial charge in [0, 0.05) is 19.2 Å². The van der Waals surface area contributed by atoms with E-state index in [0.717, 1.165) is 11.3 Å². The molecule has 0 aromatic heterocycles. The van der Waals surface area contributed by atoms with Crippen LogP contribution in [0.5, 0.6) is 0 Å². The number of rotatable bonds is 2. The highest BCUT2D eigenvalue weighted by Gasteiger charge is 2.11. The Hall–Kier alpha value is -1.82. The molecule has 0 saturated carbocycles. The minimum absolute atomic E-state index is 0.0188. The van der Waals surface area contributed by atoms with Crippen LogP contribution in [-0.2, 0) is 4.79 Å². The molecule has 0 unspecified atom stereocenters. The smallest absolute Gasteiger partial charge is 0.223 e. The zero-order chi connectivity index (χ0) is 11.4. The van der Waals surface area contributed by atoms with Crippen LogP contribution < -0.4 is 4.90 Å². The van der Waals surface area contributed by atoms with E-state index >= 15 is 0 Å². The summed E-state index contributed by atoms with van der Waals surface area (Å²) in [7, 11) is 0. The lowest BCUT2D eigenvalue weighted by Gasteiger charge is -2.21. The van der Waals surface area contributed by atoms with E-state index in [2.05, 4.69) is 6.07 Å². The van der Waals surface area contributed by atoms with Gasteiger partial charge in [-0.3, -0.25) is 4.79 Å². The van der Waals surface area contributed by atoms with Gasteiger partial charge in [0.2, 0.25) is 5.91 Å². The van der Waals surface area contributed by atoms with Gasteiger partial charge in [0.1, 0.15) is 0 Å². The predicted octanol–water partition coefficient (Wildman–Crippen LogP) is 2.24. The summed E-state index contributed by atoms with van der Waals surface area (Å²) in [4.78, 5) is 13.0. The van der Waals surface area contributed by atoms with Crippen molar-refractivity contribution in [2.24, 2.45) is 0 Å². The van der Waals surface area contributed by atoms with E-state index in [0.29, 0.717) is 12.1 Å². The fourth-order valence-corrected chi connectivity index (χ4v) is 1.59. The van der Waals surface area contributed by atoms with Crippen molar-refractivity contribution < 1.29 is 4.79 Å². The number of nitriles is 1. The number of carbonyl (C=O) groups is 1. The highest BCUT2D eigenvalue weighted by molar-refractivity contribution is 5.92. The first kappa shape index (κ1) is 11.3. The molecule has 0 aliphatic rings. The second-order valence-electron chi connectivity index (χ2n) is 3.38. The van der Waals surface area contributed by atoms with Crippen molar-refractivity contribution in [3.63, 3.8) is 0 Å². The fourth-order valence-electron chi connectivity index (χ4n) is 1.59. The summed E-state index contributed by atoms with van der Waals surface area (Å²) in [5.41, 5.74) is 2.45. The SMILES string of the molecule is CCN(C(C)=O)c1ccc(C#N)cc1C. The molecule has 0 aliphatic heterocycles. The van der Waals surface area contributed by atoms with Crippen LogP contribution in [0.1, 0.15) is 25.0 Å². The normalized spacial score (nSPS) is 9.47. The van der Waals surface area contributed by atoms with Gasteiger partial charge < -0.3 is 4.90 Å². The Labute approximate surface area is 89.9 Å². The Morgan fingerprint density at radius 1 is 1.53 bits per heavy atom. The van der Waals surface area contributed by atoms with Crippen LogP contribution in [0.4, 0.5) is 5.69 Å². The fraction of sp³-hybridized carbons (Fsp3) is 0.333. The number of nitrogens with zero attached hydrogens (tertiary/aromatic N) is 2. The molecule has 78 valence electrons. The van der Waals surface area contributed by atoms with Crippen molar-refractivity contribution in [3.8, 4) is 6.07 Å². The Morgan fingerprint density at radius 2 is 2.20 bits per heavy atom. The summed E-state index contributed by atoms with van der Waals surface area (Å²) in [6, 6.07) is 7.42. The van der Waals surface area contributed by atoms with Crippen molar-refractivity contribution in [1.29, 1.82) is 5.26 Å². The zero-order valence-electron chi connectivity index (χ0n) is 9.24. The highest BCUT2D eigenvalue weighted by Crippen LogP contribution is 2.20. The van der Waals surface area contributed by atoms with E-state index in [1.165, 1.54) is 0 Å². The minimum Gasteiger partial charge on any atom is -0.313 e. The molecule has 0 N–H and O–H groups in total. The van der Waals surface area contributed by atoms with E-state index in [4.69, 9.17) is 5.26 Å². The molecule has 0 bridgehead atoms. The molecule has 0 saturated heterocycles. The Morgan fingerprint density at radius 3 is 2.60 bits per heavy atom. The lowest BCUT2D eigenvalue weighted by molar-refractivity contribution is -0.116. The van der Waals surface area contributed by atoms with Gasteiger partial charge in [0.15, 0.2) is 0 Å². The maximum absolute atomic E-state index is 11.3. The quantitative estimate of drug-likeness (QED) is 0.738. The summed E-state index contributed by atoms with van der Waals surface area (Å²) < 4.78 is 0. The average Bonchev–Trinajstić information content (AvgIpc) is 2.20. The van der Waals surface area contributed by atoms with Crippen LogP contribution in [-0.4, -0.2) is 12.5 Å². The lowest BCUT2D eigenvalue weighted by atomic mass is 10.1. The standard InChI is InChI=1S/C12H14N2O/c1-4-14(10(3)15)12-6-5-11(8-13)7-9(12)2/h5-7H,4H2,1-3H3. The van der Waals surface area contributed by atoms with Crippen molar-refractivity contribution in [1.82, 2.24) is 0 Å². The van der Waals surface area contributed by atoms with Crippen LogP contribution in [0.25, 0.3) is 0 Å². The first-order valence-electron chi connectivity index (χ1n) is 4.89. The summed E-state index contributed by atoms with van der Waals surface area (Å²) in [6.45, 7) is 6.02. The minimum atomic E-state index is 0.0188. The molecule has 15 heavy (non-hydrogen) atoms. The van der Waals surface area contributed by atoms with Gasteiger partial charge in [-0.15, -0.1) is 0 Å². The van der Waals surface area contributed by atoms with Crippen molar-refractivity contribution >= 4 is 11.6 Å². The number of amides is 1. The number of hydrogen-bond donors (Lipinski definition) is 0. The molecule has 0 fully saturated rings. The van der Waals surface area contributed by atoms with Gasteiger partial charge in [-0.25, -0.2) is 0 Å².